The molecule has 0 N–H and O–H groups in total. The molecule has 0 heterocycles. The van der Waals surface area contributed by atoms with Gasteiger partial charge in [0.05, 0.1) is 0 Å². The quantitative estimate of drug-likeness (QED) is 0.245. The van der Waals surface area contributed by atoms with Crippen LogP contribution in [0.15, 0.2) is 0 Å². The van der Waals surface area contributed by atoms with Gasteiger partial charge in [-0.05, 0) is 12.8 Å². The summed E-state index contributed by atoms with van der Waals surface area (Å²) in [6, 6.07) is 0. The topological polar surface area (TPSA) is 0 Å². The van der Waals surface area contributed by atoms with Gasteiger partial charge in [-0.25, -0.2) is 0 Å². The van der Waals surface area contributed by atoms with E-state index in [-0.39, 0.29) is 0 Å². The van der Waals surface area contributed by atoms with E-state index < -0.39 is 0 Å². The predicted molar refractivity (Wildman–Crippen MR) is 49.9 cm³/mol. The fourth-order valence-corrected chi connectivity index (χ4v) is 0.640. The molecule has 0 saturated heterocycles. The maximum absolute atomic E-state index is 6.59. The van der Waals surface area contributed by atoms with E-state index in [0.717, 1.165) is 12.8 Å². The van der Waals surface area contributed by atoms with Crippen molar-refractivity contribution >= 4 is 20.3 Å². The van der Waals surface area contributed by atoms with Crippen LogP contribution in [0.4, 0.5) is 0 Å². The van der Waals surface area contributed by atoms with Gasteiger partial charge in [-0.1, -0.05) is 26.2 Å². The molecule has 0 spiro atoms. The molecular weight excluding hydrogens is 278 g/mol. The van der Waals surface area contributed by atoms with E-state index >= 15 is 0 Å². The number of rotatable bonds is 4. The van der Waals surface area contributed by atoms with Gasteiger partial charge in [-0.3, -0.25) is 0 Å². The molecule has 0 aromatic rings. The van der Waals surface area contributed by atoms with Crippen molar-refractivity contribution in [1.29, 1.82) is 0 Å². The molecule has 0 amide bonds. The summed E-state index contributed by atoms with van der Waals surface area (Å²) in [6.07, 6.45) is 12.4. The Hall–Kier alpha value is 0.809. The van der Waals surface area contributed by atoms with Gasteiger partial charge < -0.3 is 12.3 Å². The third-order valence-corrected chi connectivity index (χ3v) is 1.16. The van der Waals surface area contributed by atoms with E-state index in [2.05, 4.69) is 25.6 Å². The summed E-state index contributed by atoms with van der Waals surface area (Å²) in [6.45, 7) is 2.19. The summed E-state index contributed by atoms with van der Waals surface area (Å²) in [5.41, 5.74) is 0. The zero-order chi connectivity index (χ0) is 8.24. The molecule has 0 atom stereocenters. The number of halogens is 1. The Morgan fingerprint density at radius 2 is 1.90 bits per heavy atom. The van der Waals surface area contributed by atoms with Crippen molar-refractivity contribution in [3.8, 4) is 5.92 Å². The molecule has 0 radical (unpaired) electrons. The first-order chi connectivity index (χ1) is 4.91. The van der Waals surface area contributed by atoms with Crippen LogP contribution in [0.25, 0.3) is 0 Å². The van der Waals surface area contributed by atoms with Crippen LogP contribution in [0.3, 0.4) is 0 Å². The van der Waals surface area contributed by atoms with Crippen LogP contribution in [-0.4, -0.2) is 0 Å². The van der Waals surface area contributed by atoms with Crippen LogP contribution >= 0.6 is 20.3 Å². The Bertz CT molecular complexity index is 75.8. The van der Waals surface area contributed by atoms with Crippen molar-refractivity contribution in [2.24, 2.45) is 0 Å². The predicted octanol–water partition coefficient (Wildman–Crippen LogP) is 3.43. The Labute approximate surface area is 84.1 Å². The molecular formula is C8H13IMn. The van der Waals surface area contributed by atoms with Gasteiger partial charge in [0, 0.05) is 0 Å². The second-order valence-electron chi connectivity index (χ2n) is 1.99. The first-order valence-corrected chi connectivity index (χ1v) is 7.26. The number of hydrogen-bond donors (Lipinski definition) is 0. The van der Waals surface area contributed by atoms with E-state index in [0.29, 0.717) is 0 Å². The minimum absolute atomic E-state index is 0.847. The van der Waals surface area contributed by atoms with Crippen LogP contribution < -0.4 is 0 Å². The van der Waals surface area contributed by atoms with Crippen LogP contribution in [0, 0.1) is 12.3 Å². The molecule has 0 saturated carbocycles. The van der Waals surface area contributed by atoms with E-state index in [9.17, 15) is 0 Å². The molecule has 59 valence electrons. The molecule has 0 aliphatic heterocycles. The van der Waals surface area contributed by atoms with Gasteiger partial charge >= 0.3 is 33.1 Å². The van der Waals surface area contributed by atoms with Gasteiger partial charge in [-0.15, -0.1) is 0 Å². The van der Waals surface area contributed by atoms with Gasteiger partial charge in [0.25, 0.3) is 0 Å². The molecule has 0 aromatic carbocycles. The summed E-state index contributed by atoms with van der Waals surface area (Å²) in [4.78, 5) is 0. The Balaban J connectivity index is 0. The second-order valence-corrected chi connectivity index (χ2v) is 1.99. The minimum atomic E-state index is 0.847. The standard InChI is InChI=1S/C8H13.HI.Mn/c1-3-5-7-8-6-4-2;;/h3,5-8H2,1H3;1H;/q-1;;+2/p-1. The maximum atomic E-state index is 6.59. The summed E-state index contributed by atoms with van der Waals surface area (Å²) in [5.74, 6) is 2.38. The number of unbranched alkanes of at least 4 members (excludes halogenated alkanes) is 4. The number of hydrogen-bond acceptors (Lipinski definition) is 0. The van der Waals surface area contributed by atoms with Crippen LogP contribution in [0.2, 0.25) is 0 Å². The summed E-state index contributed by atoms with van der Waals surface area (Å²) in [5, 5.41) is 0. The Morgan fingerprint density at radius 3 is 2.30 bits per heavy atom. The van der Waals surface area contributed by atoms with E-state index in [1.807, 2.05) is 20.3 Å². The second kappa shape index (κ2) is 16.4. The van der Waals surface area contributed by atoms with Gasteiger partial charge in [0.15, 0.2) is 0 Å². The zero-order valence-electron chi connectivity index (χ0n) is 6.29. The van der Waals surface area contributed by atoms with E-state index in [1.54, 1.807) is 0 Å². The molecule has 2 heteroatoms. The molecule has 0 aliphatic carbocycles. The van der Waals surface area contributed by atoms with Crippen molar-refractivity contribution in [1.82, 2.24) is 0 Å². The summed E-state index contributed by atoms with van der Waals surface area (Å²) < 4.78 is 0. The molecule has 0 nitrogen and oxygen atoms in total. The summed E-state index contributed by atoms with van der Waals surface area (Å²) >= 11 is 4.87. The molecule has 0 rings (SSSR count). The molecule has 0 fully saturated rings. The van der Waals surface area contributed by atoms with Crippen LogP contribution in [0.5, 0.6) is 0 Å². The van der Waals surface area contributed by atoms with Crippen LogP contribution in [-0.2, 0) is 12.8 Å². The average molecular weight is 291 g/mol. The van der Waals surface area contributed by atoms with Crippen molar-refractivity contribution in [2.45, 2.75) is 39.0 Å². The van der Waals surface area contributed by atoms with Gasteiger partial charge in [0.2, 0.25) is 0 Å². The monoisotopic (exact) mass is 291 g/mol. The molecule has 0 unspecified atom stereocenters. The average Bonchev–Trinajstić information content (AvgIpc) is 2.02. The third-order valence-electron chi connectivity index (χ3n) is 1.16. The van der Waals surface area contributed by atoms with Crippen molar-refractivity contribution < 1.29 is 12.8 Å². The Morgan fingerprint density at radius 1 is 1.30 bits per heavy atom. The normalized spacial score (nSPS) is 7.30. The molecule has 10 heavy (non-hydrogen) atoms. The fourth-order valence-electron chi connectivity index (χ4n) is 0.640. The van der Waals surface area contributed by atoms with E-state index in [1.165, 1.54) is 19.3 Å². The third kappa shape index (κ3) is 15.9. The molecule has 0 aromatic heterocycles. The zero-order valence-corrected chi connectivity index (χ0v) is 9.63. The first kappa shape index (κ1) is 13.4. The van der Waals surface area contributed by atoms with Crippen molar-refractivity contribution in [3.05, 3.63) is 6.42 Å². The van der Waals surface area contributed by atoms with Crippen molar-refractivity contribution in [2.75, 3.05) is 0 Å². The fraction of sp³-hybridized carbons (Fsp3) is 0.750. The van der Waals surface area contributed by atoms with Gasteiger partial charge in [-0.2, -0.15) is 0 Å². The van der Waals surface area contributed by atoms with Crippen molar-refractivity contribution in [3.63, 3.8) is 0 Å². The van der Waals surface area contributed by atoms with Crippen LogP contribution in [0.1, 0.15) is 39.0 Å². The molecule has 0 aliphatic rings. The summed E-state index contributed by atoms with van der Waals surface area (Å²) in [7, 11) is 0. The van der Waals surface area contributed by atoms with Gasteiger partial charge in [0.1, 0.15) is 0 Å². The van der Waals surface area contributed by atoms with E-state index in [4.69, 9.17) is 6.42 Å². The molecule has 0 bridgehead atoms. The Kier molecular flexibility index (Phi) is 22.0. The SMILES string of the molecule is [C-]#CCCCCCC.[Mn+][I]. The first-order valence-electron chi connectivity index (χ1n) is 3.45.